The number of ether oxygens (including phenoxy) is 2. The Balaban J connectivity index is 1.22. The molecule has 0 bridgehead atoms. The Labute approximate surface area is 267 Å². The minimum Gasteiger partial charge on any atom is -0.457 e. The number of amides is 1. The number of morpholine rings is 1. The van der Waals surface area contributed by atoms with E-state index >= 15 is 4.39 Å². The Morgan fingerprint density at radius 2 is 1.93 bits per heavy atom. The van der Waals surface area contributed by atoms with Crippen LogP contribution < -0.4 is 10.5 Å². The van der Waals surface area contributed by atoms with Crippen LogP contribution >= 0.6 is 0 Å². The lowest BCUT2D eigenvalue weighted by atomic mass is 9.97. The summed E-state index contributed by atoms with van der Waals surface area (Å²) in [6.07, 6.45) is 5.36. The van der Waals surface area contributed by atoms with E-state index in [1.54, 1.807) is 39.9 Å². The molecule has 2 aromatic carbocycles. The molecule has 2 aliphatic rings. The normalized spacial score (nSPS) is 17.7. The summed E-state index contributed by atoms with van der Waals surface area (Å²) in [5.74, 6) is 0.361. The zero-order valence-corrected chi connectivity index (χ0v) is 26.0. The quantitative estimate of drug-likeness (QED) is 0.203. The van der Waals surface area contributed by atoms with E-state index in [1.165, 1.54) is 12.4 Å². The van der Waals surface area contributed by atoms with Gasteiger partial charge >= 0.3 is 0 Å². The molecular formula is C34H37FN8O3. The summed E-state index contributed by atoms with van der Waals surface area (Å²) in [6, 6.07) is 15.8. The van der Waals surface area contributed by atoms with Gasteiger partial charge in [-0.25, -0.2) is 19.0 Å². The Bertz CT molecular complexity index is 1790. The first-order valence-electron chi connectivity index (χ1n) is 15.5. The van der Waals surface area contributed by atoms with Gasteiger partial charge in [0.25, 0.3) is 5.91 Å². The van der Waals surface area contributed by atoms with Gasteiger partial charge in [-0.15, -0.1) is 0 Å². The zero-order valence-electron chi connectivity index (χ0n) is 26.0. The van der Waals surface area contributed by atoms with Crippen LogP contribution in [0.4, 0.5) is 10.2 Å². The number of rotatable bonds is 9. The predicted molar refractivity (Wildman–Crippen MR) is 171 cm³/mol. The average molecular weight is 625 g/mol. The van der Waals surface area contributed by atoms with Crippen LogP contribution in [-0.4, -0.2) is 79.9 Å². The van der Waals surface area contributed by atoms with Gasteiger partial charge in [0.15, 0.2) is 5.65 Å². The largest absolute Gasteiger partial charge is 0.457 e. The molecule has 0 saturated carbocycles. The zero-order chi connectivity index (χ0) is 32.3. The number of benzene rings is 2. The molecule has 0 spiro atoms. The van der Waals surface area contributed by atoms with Gasteiger partial charge in [0.05, 0.1) is 18.6 Å². The maximum atomic E-state index is 15.5. The third-order valence-electron chi connectivity index (χ3n) is 8.72. The molecule has 2 aromatic heterocycles. The summed E-state index contributed by atoms with van der Waals surface area (Å²) in [7, 11) is 0. The number of likely N-dealkylation sites (tertiary alicyclic amines) is 1. The summed E-state index contributed by atoms with van der Waals surface area (Å²) in [4.78, 5) is 26.3. The number of nitrogen functional groups attached to an aromatic ring is 1. The number of anilines is 1. The maximum absolute atomic E-state index is 15.5. The van der Waals surface area contributed by atoms with Crippen LogP contribution in [0.3, 0.4) is 0 Å². The van der Waals surface area contributed by atoms with Crippen molar-refractivity contribution in [1.29, 1.82) is 5.26 Å². The fourth-order valence-corrected chi connectivity index (χ4v) is 6.31. The van der Waals surface area contributed by atoms with Gasteiger partial charge in [0, 0.05) is 49.4 Å². The van der Waals surface area contributed by atoms with E-state index in [2.05, 4.69) is 20.9 Å². The van der Waals surface area contributed by atoms with Crippen LogP contribution in [0.5, 0.6) is 11.5 Å². The molecule has 2 fully saturated rings. The first kappa shape index (κ1) is 31.1. The molecule has 46 heavy (non-hydrogen) atoms. The predicted octanol–water partition coefficient (Wildman–Crippen LogP) is 4.95. The molecule has 6 rings (SSSR count). The highest BCUT2D eigenvalue weighted by Gasteiger charge is 2.34. The number of hydrogen-bond donors (Lipinski definition) is 1. The van der Waals surface area contributed by atoms with Gasteiger partial charge in [-0.05, 0) is 63.5 Å². The van der Waals surface area contributed by atoms with Crippen LogP contribution in [0.2, 0.25) is 0 Å². The van der Waals surface area contributed by atoms with E-state index in [0.29, 0.717) is 61.0 Å². The molecule has 238 valence electrons. The summed E-state index contributed by atoms with van der Waals surface area (Å²) < 4.78 is 28.5. The van der Waals surface area contributed by atoms with E-state index in [4.69, 9.17) is 20.3 Å². The molecule has 12 heteroatoms. The number of aromatic nitrogens is 4. The molecule has 0 unspecified atom stereocenters. The second kappa shape index (κ2) is 13.2. The molecule has 1 amide bonds. The third kappa shape index (κ3) is 6.42. The van der Waals surface area contributed by atoms with E-state index < -0.39 is 11.4 Å². The standard InChI is InChI=1S/C34H37FN8O3/c1-34(2,41-15-17-45-18-16-41)20-23(21-36)33(44)42-13-6-7-24(42)12-14-43-32-29(31(37)38-22-39-32)30(40-43)27-11-10-26(19-28(27)35)46-25-8-4-3-5-9-25/h3-5,8-11,19-20,22,24H,6-7,12-18H2,1-2H3,(H2,37,38,39)/t24-/m0/s1. The van der Waals surface area contributed by atoms with Crippen molar-refractivity contribution in [2.45, 2.75) is 51.2 Å². The number of fused-ring (bicyclic) bond motifs is 1. The van der Waals surface area contributed by atoms with Gasteiger partial charge in [-0.2, -0.15) is 10.4 Å². The van der Waals surface area contributed by atoms with Crippen molar-refractivity contribution < 1.29 is 18.7 Å². The molecule has 0 aliphatic carbocycles. The van der Waals surface area contributed by atoms with E-state index in [-0.39, 0.29) is 28.9 Å². The van der Waals surface area contributed by atoms with Crippen molar-refractivity contribution in [2.75, 3.05) is 38.6 Å². The molecule has 0 radical (unpaired) electrons. The average Bonchev–Trinajstić information content (AvgIpc) is 3.69. The number of hydrogen-bond acceptors (Lipinski definition) is 9. The second-order valence-electron chi connectivity index (χ2n) is 12.1. The van der Waals surface area contributed by atoms with E-state index in [9.17, 15) is 10.1 Å². The summed E-state index contributed by atoms with van der Waals surface area (Å²) >= 11 is 0. The van der Waals surface area contributed by atoms with Crippen LogP contribution in [0.1, 0.15) is 33.1 Å². The van der Waals surface area contributed by atoms with Crippen molar-refractivity contribution >= 4 is 22.8 Å². The third-order valence-corrected chi connectivity index (χ3v) is 8.72. The van der Waals surface area contributed by atoms with Crippen molar-refractivity contribution in [3.8, 4) is 28.8 Å². The minimum absolute atomic E-state index is 0.0937. The topological polar surface area (TPSA) is 135 Å². The summed E-state index contributed by atoms with van der Waals surface area (Å²) in [6.45, 7) is 7.76. The van der Waals surface area contributed by atoms with Crippen molar-refractivity contribution in [1.82, 2.24) is 29.5 Å². The van der Waals surface area contributed by atoms with Gasteiger partial charge in [0.2, 0.25) is 0 Å². The van der Waals surface area contributed by atoms with E-state index in [0.717, 1.165) is 25.9 Å². The Hall–Kier alpha value is -4.86. The highest BCUT2D eigenvalue weighted by atomic mass is 19.1. The highest BCUT2D eigenvalue weighted by molar-refractivity contribution is 5.99. The van der Waals surface area contributed by atoms with Crippen LogP contribution in [0.25, 0.3) is 22.3 Å². The van der Waals surface area contributed by atoms with Crippen LogP contribution in [0, 0.1) is 17.1 Å². The number of carbonyl (C=O) groups excluding carboxylic acids is 1. The number of nitrogens with two attached hydrogens (primary N) is 1. The van der Waals surface area contributed by atoms with Crippen LogP contribution in [0.15, 0.2) is 66.5 Å². The molecule has 11 nitrogen and oxygen atoms in total. The Morgan fingerprint density at radius 1 is 1.15 bits per heavy atom. The maximum Gasteiger partial charge on any atom is 0.264 e. The minimum atomic E-state index is -0.522. The smallest absolute Gasteiger partial charge is 0.264 e. The van der Waals surface area contributed by atoms with Gasteiger partial charge in [-0.1, -0.05) is 18.2 Å². The summed E-state index contributed by atoms with van der Waals surface area (Å²) in [5.41, 5.74) is 7.00. The molecule has 4 heterocycles. The van der Waals surface area contributed by atoms with Crippen LogP contribution in [-0.2, 0) is 16.1 Å². The Kier molecular flexibility index (Phi) is 8.96. The Morgan fingerprint density at radius 3 is 2.67 bits per heavy atom. The van der Waals surface area contributed by atoms with Crippen molar-refractivity contribution in [2.24, 2.45) is 0 Å². The first-order chi connectivity index (χ1) is 22.2. The fraction of sp³-hybridized carbons (Fsp3) is 0.382. The SMILES string of the molecule is CC(C)(C=C(C#N)C(=O)N1CCC[C@H]1CCn1nc(-c2ccc(Oc3ccccc3)cc2F)c2c(N)ncnc21)N1CCOCC1. The number of halogens is 1. The molecule has 4 aromatic rings. The molecular weight excluding hydrogens is 587 g/mol. The van der Waals surface area contributed by atoms with Crippen molar-refractivity contribution in [3.63, 3.8) is 0 Å². The number of para-hydroxylation sites is 1. The fourth-order valence-electron chi connectivity index (χ4n) is 6.31. The second-order valence-corrected chi connectivity index (χ2v) is 12.1. The number of nitrogens with zero attached hydrogens (tertiary/aromatic N) is 7. The van der Waals surface area contributed by atoms with Crippen molar-refractivity contribution in [3.05, 3.63) is 72.3 Å². The molecule has 2 saturated heterocycles. The van der Waals surface area contributed by atoms with Gasteiger partial charge < -0.3 is 20.1 Å². The lowest BCUT2D eigenvalue weighted by molar-refractivity contribution is -0.127. The lowest BCUT2D eigenvalue weighted by Crippen LogP contribution is -2.49. The lowest BCUT2D eigenvalue weighted by Gasteiger charge is -2.39. The summed E-state index contributed by atoms with van der Waals surface area (Å²) in [5, 5.41) is 15.2. The number of nitriles is 1. The molecule has 2 N–H and O–H groups in total. The number of aryl methyl sites for hydroxylation is 1. The van der Waals surface area contributed by atoms with E-state index in [1.807, 2.05) is 32.0 Å². The van der Waals surface area contributed by atoms with Gasteiger partial charge in [0.1, 0.15) is 46.8 Å². The first-order valence-corrected chi connectivity index (χ1v) is 15.5. The monoisotopic (exact) mass is 624 g/mol. The molecule has 1 atom stereocenters. The molecule has 2 aliphatic heterocycles. The highest BCUT2D eigenvalue weighted by Crippen LogP contribution is 2.35. The van der Waals surface area contributed by atoms with Gasteiger partial charge in [-0.3, -0.25) is 9.69 Å². The number of carbonyl (C=O) groups is 1.